The van der Waals surface area contributed by atoms with Crippen molar-refractivity contribution in [3.05, 3.63) is 46.3 Å². The molecule has 1 amide bonds. The summed E-state index contributed by atoms with van der Waals surface area (Å²) in [4.78, 5) is 13.2. The first-order chi connectivity index (χ1) is 11.0. The van der Waals surface area contributed by atoms with E-state index in [0.717, 1.165) is 21.8 Å². The van der Waals surface area contributed by atoms with Crippen LogP contribution in [0.3, 0.4) is 0 Å². The van der Waals surface area contributed by atoms with Crippen LogP contribution in [0.2, 0.25) is 0 Å². The van der Waals surface area contributed by atoms with Gasteiger partial charge in [0.1, 0.15) is 23.4 Å². The van der Waals surface area contributed by atoms with Gasteiger partial charge in [-0.2, -0.15) is 5.26 Å². The van der Waals surface area contributed by atoms with Crippen LogP contribution in [0.1, 0.15) is 16.7 Å². The van der Waals surface area contributed by atoms with Crippen LogP contribution in [0, 0.1) is 18.3 Å². The molecule has 0 saturated carbocycles. The Morgan fingerprint density at radius 3 is 2.91 bits per heavy atom. The van der Waals surface area contributed by atoms with Crippen molar-refractivity contribution in [2.75, 3.05) is 26.0 Å². The SMILES string of the molecule is COc1ccc(C)cc1C[NH+](C)CC(=O)Nc1sccc1C#N. The number of nitrogens with one attached hydrogen (secondary N) is 2. The van der Waals surface area contributed by atoms with Gasteiger partial charge in [-0.15, -0.1) is 11.3 Å². The number of hydrogen-bond donors (Lipinski definition) is 2. The van der Waals surface area contributed by atoms with Gasteiger partial charge in [0.15, 0.2) is 6.54 Å². The average Bonchev–Trinajstić information content (AvgIpc) is 2.94. The molecule has 23 heavy (non-hydrogen) atoms. The Labute approximate surface area is 140 Å². The first-order valence-electron chi connectivity index (χ1n) is 7.25. The first kappa shape index (κ1) is 17.0. The van der Waals surface area contributed by atoms with Crippen molar-refractivity contribution in [1.82, 2.24) is 0 Å². The molecule has 5 nitrogen and oxygen atoms in total. The van der Waals surface area contributed by atoms with E-state index in [2.05, 4.69) is 17.5 Å². The molecule has 0 fully saturated rings. The number of aryl methyl sites for hydroxylation is 1. The van der Waals surface area contributed by atoms with Crippen molar-refractivity contribution < 1.29 is 14.4 Å². The van der Waals surface area contributed by atoms with E-state index in [1.807, 2.05) is 26.1 Å². The Balaban J connectivity index is 1.97. The highest BCUT2D eigenvalue weighted by molar-refractivity contribution is 7.14. The molecule has 2 rings (SSSR count). The molecule has 6 heteroatoms. The summed E-state index contributed by atoms with van der Waals surface area (Å²) in [6.07, 6.45) is 0. The van der Waals surface area contributed by atoms with Crippen LogP contribution in [0.5, 0.6) is 5.75 Å². The molecule has 0 bridgehead atoms. The second-order valence-electron chi connectivity index (χ2n) is 5.45. The topological polar surface area (TPSA) is 66.6 Å². The average molecular weight is 330 g/mol. The Morgan fingerprint density at radius 2 is 2.22 bits per heavy atom. The number of hydrogen-bond acceptors (Lipinski definition) is 4. The van der Waals surface area contributed by atoms with Gasteiger partial charge in [0.05, 0.1) is 19.7 Å². The Morgan fingerprint density at radius 1 is 1.43 bits per heavy atom. The fourth-order valence-corrected chi connectivity index (χ4v) is 3.13. The normalized spacial score (nSPS) is 11.6. The van der Waals surface area contributed by atoms with Gasteiger partial charge in [-0.05, 0) is 30.5 Å². The van der Waals surface area contributed by atoms with E-state index in [1.54, 1.807) is 18.6 Å². The molecule has 1 unspecified atom stereocenters. The fraction of sp³-hybridized carbons (Fsp3) is 0.294. The summed E-state index contributed by atoms with van der Waals surface area (Å²) in [6.45, 7) is 3.04. The molecule has 1 aromatic heterocycles. The van der Waals surface area contributed by atoms with Crippen molar-refractivity contribution in [1.29, 1.82) is 5.26 Å². The lowest BCUT2D eigenvalue weighted by molar-refractivity contribution is -0.885. The van der Waals surface area contributed by atoms with Gasteiger partial charge in [-0.1, -0.05) is 11.6 Å². The van der Waals surface area contributed by atoms with Crippen LogP contribution in [0.25, 0.3) is 0 Å². The van der Waals surface area contributed by atoms with Gasteiger partial charge in [-0.3, -0.25) is 4.79 Å². The van der Waals surface area contributed by atoms with Gasteiger partial charge >= 0.3 is 0 Å². The largest absolute Gasteiger partial charge is 0.496 e. The smallest absolute Gasteiger partial charge is 0.280 e. The zero-order valence-electron chi connectivity index (χ0n) is 13.5. The summed E-state index contributed by atoms with van der Waals surface area (Å²) in [5.41, 5.74) is 2.74. The minimum Gasteiger partial charge on any atom is -0.496 e. The number of thiophene rings is 1. The van der Waals surface area contributed by atoms with Crippen LogP contribution in [-0.2, 0) is 11.3 Å². The number of nitriles is 1. The number of quaternary nitrogens is 1. The highest BCUT2D eigenvalue weighted by atomic mass is 32.1. The molecule has 0 aliphatic carbocycles. The highest BCUT2D eigenvalue weighted by Crippen LogP contribution is 2.21. The quantitative estimate of drug-likeness (QED) is 0.845. The third-order valence-electron chi connectivity index (χ3n) is 3.43. The fourth-order valence-electron chi connectivity index (χ4n) is 2.37. The van der Waals surface area contributed by atoms with E-state index >= 15 is 0 Å². The zero-order chi connectivity index (χ0) is 16.8. The van der Waals surface area contributed by atoms with E-state index in [1.165, 1.54) is 11.3 Å². The molecule has 1 heterocycles. The second kappa shape index (κ2) is 7.77. The van der Waals surface area contributed by atoms with Crippen molar-refractivity contribution in [2.24, 2.45) is 0 Å². The zero-order valence-corrected chi connectivity index (χ0v) is 14.3. The van der Waals surface area contributed by atoms with Crippen LogP contribution < -0.4 is 15.0 Å². The van der Waals surface area contributed by atoms with Crippen molar-refractivity contribution in [3.8, 4) is 11.8 Å². The molecule has 0 aliphatic rings. The monoisotopic (exact) mass is 330 g/mol. The van der Waals surface area contributed by atoms with Crippen molar-refractivity contribution in [2.45, 2.75) is 13.5 Å². The molecule has 1 aromatic carbocycles. The standard InChI is InChI=1S/C17H19N3O2S/c1-12-4-5-15(22-3)14(8-12)10-20(2)11-16(21)19-17-13(9-18)6-7-23-17/h4-8H,10-11H2,1-3H3,(H,19,21)/p+1. The molecular weight excluding hydrogens is 310 g/mol. The van der Waals surface area contributed by atoms with Crippen molar-refractivity contribution >= 4 is 22.2 Å². The summed E-state index contributed by atoms with van der Waals surface area (Å²) in [6, 6.07) is 9.80. The van der Waals surface area contributed by atoms with Crippen molar-refractivity contribution in [3.63, 3.8) is 0 Å². The number of methoxy groups -OCH3 is 1. The number of carbonyl (C=O) groups excluding carboxylic acids is 1. The molecule has 0 aliphatic heterocycles. The van der Waals surface area contributed by atoms with E-state index < -0.39 is 0 Å². The minimum atomic E-state index is -0.104. The lowest BCUT2D eigenvalue weighted by Gasteiger charge is -2.16. The number of nitrogens with zero attached hydrogens (tertiary/aromatic N) is 1. The number of anilines is 1. The molecule has 0 spiro atoms. The van der Waals surface area contributed by atoms with Gasteiger partial charge in [-0.25, -0.2) is 0 Å². The Hall–Kier alpha value is -2.36. The van der Waals surface area contributed by atoms with Gasteiger partial charge < -0.3 is 15.0 Å². The summed E-state index contributed by atoms with van der Waals surface area (Å²) in [5.74, 6) is 0.730. The predicted molar refractivity (Wildman–Crippen MR) is 90.9 cm³/mol. The second-order valence-corrected chi connectivity index (χ2v) is 6.37. The number of ether oxygens (including phenoxy) is 1. The number of amides is 1. The Bertz CT molecular complexity index is 734. The molecule has 0 radical (unpaired) electrons. The lowest BCUT2D eigenvalue weighted by Crippen LogP contribution is -3.08. The summed E-state index contributed by atoms with van der Waals surface area (Å²) < 4.78 is 5.37. The third-order valence-corrected chi connectivity index (χ3v) is 4.26. The molecule has 120 valence electrons. The number of likely N-dealkylation sites (N-methyl/N-ethyl adjacent to an activating group) is 1. The third kappa shape index (κ3) is 4.55. The molecular formula is C17H20N3O2S+. The number of carbonyl (C=O) groups is 1. The van der Waals surface area contributed by atoms with Gasteiger partial charge in [0, 0.05) is 5.56 Å². The van der Waals surface area contributed by atoms with Crippen LogP contribution >= 0.6 is 11.3 Å². The summed E-state index contributed by atoms with van der Waals surface area (Å²) >= 11 is 1.36. The maximum atomic E-state index is 12.1. The molecule has 2 aromatic rings. The van der Waals surface area contributed by atoms with Gasteiger partial charge in [0.25, 0.3) is 5.91 Å². The minimum absolute atomic E-state index is 0.104. The molecule has 2 N–H and O–H groups in total. The van der Waals surface area contributed by atoms with E-state index in [4.69, 9.17) is 10.00 Å². The Kier molecular flexibility index (Phi) is 5.74. The van der Waals surface area contributed by atoms with E-state index in [-0.39, 0.29) is 5.91 Å². The number of rotatable bonds is 6. The van der Waals surface area contributed by atoms with Crippen LogP contribution in [-0.4, -0.2) is 26.6 Å². The number of benzene rings is 1. The van der Waals surface area contributed by atoms with E-state index in [0.29, 0.717) is 23.7 Å². The maximum absolute atomic E-state index is 12.1. The highest BCUT2D eigenvalue weighted by Gasteiger charge is 2.15. The maximum Gasteiger partial charge on any atom is 0.280 e. The first-order valence-corrected chi connectivity index (χ1v) is 8.13. The van der Waals surface area contributed by atoms with Crippen LogP contribution in [0.15, 0.2) is 29.6 Å². The lowest BCUT2D eigenvalue weighted by atomic mass is 10.1. The summed E-state index contributed by atoms with van der Waals surface area (Å²) in [7, 11) is 3.61. The summed E-state index contributed by atoms with van der Waals surface area (Å²) in [5, 5.41) is 14.2. The van der Waals surface area contributed by atoms with E-state index in [9.17, 15) is 4.79 Å². The molecule has 1 atom stereocenters. The van der Waals surface area contributed by atoms with Gasteiger partial charge in [0.2, 0.25) is 0 Å². The molecule has 0 saturated heterocycles. The predicted octanol–water partition coefficient (Wildman–Crippen LogP) is 1.59. The van der Waals surface area contributed by atoms with Crippen LogP contribution in [0.4, 0.5) is 5.00 Å².